The molecule has 24 heavy (non-hydrogen) atoms. The molecule has 0 aliphatic carbocycles. The van der Waals surface area contributed by atoms with E-state index >= 15 is 0 Å². The molecule has 2 aromatic carbocycles. The summed E-state index contributed by atoms with van der Waals surface area (Å²) in [6.07, 6.45) is 1.59. The molecule has 0 radical (unpaired) electrons. The molecule has 0 amide bonds. The van der Waals surface area contributed by atoms with E-state index in [2.05, 4.69) is 10.9 Å². The monoisotopic (exact) mass is 390 g/mol. The van der Waals surface area contributed by atoms with E-state index in [9.17, 15) is 9.18 Å². The van der Waals surface area contributed by atoms with Crippen LogP contribution in [0.1, 0.15) is 0 Å². The van der Waals surface area contributed by atoms with Gasteiger partial charge in [-0.1, -0.05) is 0 Å². The van der Waals surface area contributed by atoms with E-state index in [1.165, 1.54) is 40.5 Å². The van der Waals surface area contributed by atoms with E-state index in [1.807, 2.05) is 24.3 Å². The Morgan fingerprint density at radius 2 is 1.75 bits per heavy atom. The molecule has 122 valence electrons. The predicted molar refractivity (Wildman–Crippen MR) is 93.0 cm³/mol. The molecule has 0 aliphatic rings. The summed E-state index contributed by atoms with van der Waals surface area (Å²) in [6, 6.07) is 13.6. The molecule has 0 saturated heterocycles. The predicted octanol–water partition coefficient (Wildman–Crippen LogP) is 2.42. The Morgan fingerprint density at radius 3 is 2.33 bits per heavy atom. The van der Waals surface area contributed by atoms with E-state index < -0.39 is 0 Å². The summed E-state index contributed by atoms with van der Waals surface area (Å²) in [6.45, 7) is 0. The SMILES string of the molecule is COc1c(-c2ccc([Se]C)cc2)cnn(-c2ccc(F)cc2)c1=O. The van der Waals surface area contributed by atoms with Crippen molar-refractivity contribution in [1.29, 1.82) is 0 Å². The molecule has 3 aromatic rings. The van der Waals surface area contributed by atoms with Gasteiger partial charge in [-0.25, -0.2) is 4.39 Å². The van der Waals surface area contributed by atoms with Gasteiger partial charge in [0.25, 0.3) is 0 Å². The molecule has 3 rings (SSSR count). The van der Waals surface area contributed by atoms with E-state index in [-0.39, 0.29) is 17.1 Å². The van der Waals surface area contributed by atoms with Crippen molar-refractivity contribution in [3.05, 3.63) is 70.9 Å². The third kappa shape index (κ3) is 3.11. The van der Waals surface area contributed by atoms with Crippen LogP contribution in [0.2, 0.25) is 5.82 Å². The van der Waals surface area contributed by atoms with Crippen molar-refractivity contribution in [2.24, 2.45) is 0 Å². The number of nitrogens with zero attached hydrogens (tertiary/aromatic N) is 2. The molecule has 6 heteroatoms. The molecule has 0 spiro atoms. The van der Waals surface area contributed by atoms with Crippen LogP contribution in [0.25, 0.3) is 16.8 Å². The summed E-state index contributed by atoms with van der Waals surface area (Å²) in [7, 11) is 1.46. The van der Waals surface area contributed by atoms with Gasteiger partial charge in [0, 0.05) is 0 Å². The first kappa shape index (κ1) is 16.4. The second-order valence-electron chi connectivity index (χ2n) is 5.01. The summed E-state index contributed by atoms with van der Waals surface area (Å²) in [5.41, 5.74) is 1.60. The molecule has 0 N–H and O–H groups in total. The fourth-order valence-corrected chi connectivity index (χ4v) is 3.23. The number of methoxy groups -OCH3 is 1. The number of ether oxygens (including phenoxy) is 1. The van der Waals surface area contributed by atoms with Crippen LogP contribution in [0.4, 0.5) is 4.39 Å². The van der Waals surface area contributed by atoms with Gasteiger partial charge in [-0.2, -0.15) is 0 Å². The average molecular weight is 389 g/mol. The molecule has 0 atom stereocenters. The van der Waals surface area contributed by atoms with Crippen LogP contribution >= 0.6 is 0 Å². The number of aromatic nitrogens is 2. The second-order valence-corrected chi connectivity index (χ2v) is 6.86. The zero-order chi connectivity index (χ0) is 17.1. The Balaban J connectivity index is 2.11. The molecular weight excluding hydrogens is 374 g/mol. The quantitative estimate of drug-likeness (QED) is 0.644. The van der Waals surface area contributed by atoms with Gasteiger partial charge in [-0.15, -0.1) is 0 Å². The first-order valence-corrected chi connectivity index (χ1v) is 9.77. The van der Waals surface area contributed by atoms with Crippen LogP contribution < -0.4 is 14.8 Å². The van der Waals surface area contributed by atoms with Gasteiger partial charge < -0.3 is 0 Å². The summed E-state index contributed by atoms with van der Waals surface area (Å²) in [5.74, 6) is 1.99. The third-order valence-electron chi connectivity index (χ3n) is 3.61. The molecule has 0 unspecified atom stereocenters. The summed E-state index contributed by atoms with van der Waals surface area (Å²) < 4.78 is 20.9. The standard InChI is InChI=1S/C18H15FN2O2Se/c1-23-17-16(12-3-9-15(24-2)10-4-12)11-20-21(18(17)22)14-7-5-13(19)6-8-14/h3-11H,1-2H3. The normalized spacial score (nSPS) is 10.6. The number of hydrogen-bond donors (Lipinski definition) is 0. The topological polar surface area (TPSA) is 44.1 Å². The van der Waals surface area contributed by atoms with E-state index in [1.54, 1.807) is 6.20 Å². The van der Waals surface area contributed by atoms with Crippen molar-refractivity contribution in [3.8, 4) is 22.6 Å². The second kappa shape index (κ2) is 6.99. The van der Waals surface area contributed by atoms with Crippen molar-refractivity contribution >= 4 is 19.4 Å². The maximum atomic E-state index is 13.1. The third-order valence-corrected chi connectivity index (χ3v) is 5.17. The minimum atomic E-state index is -0.384. The van der Waals surface area contributed by atoms with Crippen LogP contribution in [0.5, 0.6) is 5.75 Å². The molecule has 1 aromatic heterocycles. The molecule has 4 nitrogen and oxygen atoms in total. The van der Waals surface area contributed by atoms with Crippen molar-refractivity contribution in [2.45, 2.75) is 5.82 Å². The average Bonchev–Trinajstić information content (AvgIpc) is 2.62. The Labute approximate surface area is 145 Å². The van der Waals surface area contributed by atoms with Gasteiger partial charge in [0.1, 0.15) is 0 Å². The molecular formula is C18H15FN2O2Se. The number of benzene rings is 2. The van der Waals surface area contributed by atoms with Crippen LogP contribution in [0, 0.1) is 5.82 Å². The molecule has 0 bridgehead atoms. The van der Waals surface area contributed by atoms with Crippen molar-refractivity contribution in [1.82, 2.24) is 9.78 Å². The van der Waals surface area contributed by atoms with Crippen LogP contribution in [0.15, 0.2) is 59.5 Å². The summed E-state index contributed by atoms with van der Waals surface area (Å²) in [5, 5.41) is 4.21. The Kier molecular flexibility index (Phi) is 4.78. The Morgan fingerprint density at radius 1 is 1.08 bits per heavy atom. The Hall–Kier alpha value is -2.43. The first-order valence-electron chi connectivity index (χ1n) is 7.20. The Bertz CT molecular complexity index is 906. The van der Waals surface area contributed by atoms with Gasteiger partial charge in [0.2, 0.25) is 0 Å². The first-order chi connectivity index (χ1) is 11.6. The molecule has 0 fully saturated rings. The van der Waals surface area contributed by atoms with Gasteiger partial charge in [-0.3, -0.25) is 0 Å². The van der Waals surface area contributed by atoms with Gasteiger partial charge >= 0.3 is 140 Å². The van der Waals surface area contributed by atoms with Crippen LogP contribution in [-0.2, 0) is 0 Å². The van der Waals surface area contributed by atoms with Gasteiger partial charge in [-0.05, 0) is 0 Å². The zero-order valence-corrected chi connectivity index (χ0v) is 14.9. The molecule has 0 aliphatic heterocycles. The fourth-order valence-electron chi connectivity index (χ4n) is 2.38. The van der Waals surface area contributed by atoms with Crippen molar-refractivity contribution in [2.75, 3.05) is 7.11 Å². The molecule has 0 saturated carbocycles. The maximum absolute atomic E-state index is 13.1. The summed E-state index contributed by atoms with van der Waals surface area (Å²) in [4.78, 5) is 12.7. The van der Waals surface area contributed by atoms with E-state index in [4.69, 9.17) is 4.74 Å². The van der Waals surface area contributed by atoms with Crippen LogP contribution in [-0.4, -0.2) is 31.8 Å². The molecule has 1 heterocycles. The van der Waals surface area contributed by atoms with Crippen molar-refractivity contribution < 1.29 is 9.13 Å². The number of rotatable bonds is 4. The number of halogens is 1. The van der Waals surface area contributed by atoms with E-state index in [0.717, 1.165) is 5.56 Å². The zero-order valence-electron chi connectivity index (χ0n) is 13.2. The fraction of sp³-hybridized carbons (Fsp3) is 0.111. The van der Waals surface area contributed by atoms with Gasteiger partial charge in [0.15, 0.2) is 0 Å². The van der Waals surface area contributed by atoms with Gasteiger partial charge in [0.05, 0.1) is 0 Å². The summed E-state index contributed by atoms with van der Waals surface area (Å²) >= 11 is 0.423. The number of hydrogen-bond acceptors (Lipinski definition) is 3. The van der Waals surface area contributed by atoms with Crippen LogP contribution in [0.3, 0.4) is 0 Å². The van der Waals surface area contributed by atoms with E-state index in [0.29, 0.717) is 26.2 Å². The minimum absolute atomic E-state index is 0.212. The van der Waals surface area contributed by atoms with Crippen molar-refractivity contribution in [3.63, 3.8) is 0 Å².